The Morgan fingerprint density at radius 3 is 1.60 bits per heavy atom. The van der Waals surface area contributed by atoms with Gasteiger partial charge < -0.3 is 73.7 Å². The zero-order valence-corrected chi connectivity index (χ0v) is 41.9. The molecule has 0 unspecified atom stereocenters. The van der Waals surface area contributed by atoms with Crippen molar-refractivity contribution >= 4 is 64.1 Å². The van der Waals surface area contributed by atoms with E-state index in [4.69, 9.17) is 10.8 Å². The van der Waals surface area contributed by atoms with Crippen molar-refractivity contribution in [1.29, 1.82) is 0 Å². The molecular weight excluding hydrogens is 937 g/mol. The van der Waals surface area contributed by atoms with Crippen LogP contribution in [0.25, 0.3) is 10.9 Å². The highest BCUT2D eigenvalue weighted by Crippen LogP contribution is 2.20. The zero-order valence-electron chi connectivity index (χ0n) is 41.9. The van der Waals surface area contributed by atoms with E-state index in [2.05, 4.69) is 47.5 Å². The molecule has 0 aliphatic carbocycles. The maximum Gasteiger partial charge on any atom is 0.326 e. The number of carboxylic acid groups (broad SMARTS) is 1. The molecule has 0 spiro atoms. The Morgan fingerprint density at radius 1 is 0.556 bits per heavy atom. The number of carbonyl (C=O) groups is 9. The van der Waals surface area contributed by atoms with Crippen molar-refractivity contribution in [2.24, 2.45) is 29.4 Å². The minimum Gasteiger partial charge on any atom is -0.508 e. The first-order valence-electron chi connectivity index (χ1n) is 23.8. The molecule has 23 heteroatoms. The van der Waals surface area contributed by atoms with Gasteiger partial charge in [-0.2, -0.15) is 0 Å². The van der Waals surface area contributed by atoms with Crippen LogP contribution in [0.2, 0.25) is 0 Å². The minimum atomic E-state index is -1.52. The Hall–Kier alpha value is -7.11. The first kappa shape index (κ1) is 59.2. The average molecular weight is 1010 g/mol. The molecular formula is C49H72N10O13. The van der Waals surface area contributed by atoms with Gasteiger partial charge in [0.15, 0.2) is 0 Å². The molecule has 0 fully saturated rings. The number of aromatic nitrogens is 1. The number of para-hydroxylation sites is 1. The maximum absolute atomic E-state index is 14.4. The van der Waals surface area contributed by atoms with E-state index in [-0.39, 0.29) is 30.9 Å². The van der Waals surface area contributed by atoms with Crippen molar-refractivity contribution in [3.05, 3.63) is 65.9 Å². The normalized spacial score (nSPS) is 14.8. The monoisotopic (exact) mass is 1010 g/mol. The smallest absolute Gasteiger partial charge is 0.326 e. The van der Waals surface area contributed by atoms with Gasteiger partial charge in [-0.05, 0) is 59.4 Å². The van der Waals surface area contributed by atoms with Crippen LogP contribution >= 0.6 is 0 Å². The van der Waals surface area contributed by atoms with Crippen molar-refractivity contribution in [1.82, 2.24) is 47.5 Å². The van der Waals surface area contributed by atoms with Gasteiger partial charge in [0.2, 0.25) is 47.3 Å². The molecule has 0 aliphatic heterocycles. The van der Waals surface area contributed by atoms with Crippen LogP contribution < -0.4 is 48.3 Å². The minimum absolute atomic E-state index is 0.0437. The number of aromatic hydroxyl groups is 1. The van der Waals surface area contributed by atoms with Crippen LogP contribution in [0.4, 0.5) is 0 Å². The summed E-state index contributed by atoms with van der Waals surface area (Å²) >= 11 is 0. The van der Waals surface area contributed by atoms with E-state index in [9.17, 15) is 58.5 Å². The number of H-pyrrole nitrogens is 1. The third kappa shape index (κ3) is 17.9. The van der Waals surface area contributed by atoms with Crippen molar-refractivity contribution in [2.45, 2.75) is 123 Å². The number of phenolic OH excluding ortho intramolecular Hbond substituents is 1. The number of aliphatic hydroxyl groups is 2. The number of nitrogens with two attached hydrogens (primary N) is 1. The second kappa shape index (κ2) is 28.1. The van der Waals surface area contributed by atoms with Gasteiger partial charge in [-0.25, -0.2) is 4.79 Å². The number of amides is 8. The standard InChI is InChI=1S/C49H72N10O13/c1-24(2)17-36(49(71)72)55-43(65)34(18-28-13-15-30(62)16-14-28)53-44(66)35(19-29-20-51-33-12-10-9-11-31(29)33)54-47(69)40(26(5)6)57-38(63)21-52-46(68)39(25(3)4)59-48(70)41(27(7)8)58-45(67)37(23-61)56-42(64)32(50)22-60/h9-16,20,24-27,32,34-37,39-41,51,60-62H,17-19,21-23,50H2,1-8H3,(H,52,68)(H,53,66)(H,54,69)(H,55,65)(H,56,64)(H,57,63)(H,58,67)(H,59,70)(H,71,72)/t32-,34-,35-,36-,37-,39-,40-,41-/m0/s1. The van der Waals surface area contributed by atoms with Crippen LogP contribution in [0.5, 0.6) is 5.75 Å². The number of phenols is 1. The Morgan fingerprint density at radius 2 is 1.04 bits per heavy atom. The summed E-state index contributed by atoms with van der Waals surface area (Å²) in [7, 11) is 0. The molecule has 396 valence electrons. The number of aliphatic carboxylic acids is 1. The third-order valence-corrected chi connectivity index (χ3v) is 11.6. The summed E-state index contributed by atoms with van der Waals surface area (Å²) in [5, 5.41) is 59.7. The highest BCUT2D eigenvalue weighted by atomic mass is 16.4. The number of benzene rings is 2. The number of aliphatic hydroxyl groups excluding tert-OH is 2. The van der Waals surface area contributed by atoms with Gasteiger partial charge in [0.25, 0.3) is 0 Å². The molecule has 1 heterocycles. The lowest BCUT2D eigenvalue weighted by Crippen LogP contribution is -2.61. The van der Waals surface area contributed by atoms with Gasteiger partial charge >= 0.3 is 5.97 Å². The van der Waals surface area contributed by atoms with E-state index in [0.29, 0.717) is 11.1 Å². The fraction of sp³-hybridized carbons (Fsp3) is 0.531. The van der Waals surface area contributed by atoms with Crippen molar-refractivity contribution in [3.8, 4) is 5.75 Å². The Kier molecular flexibility index (Phi) is 23.1. The quantitative estimate of drug-likeness (QED) is 0.0397. The van der Waals surface area contributed by atoms with E-state index >= 15 is 0 Å². The molecule has 0 saturated carbocycles. The summed E-state index contributed by atoms with van der Waals surface area (Å²) in [6.45, 7) is 11.1. The molecule has 8 atom stereocenters. The summed E-state index contributed by atoms with van der Waals surface area (Å²) in [5.41, 5.74) is 7.37. The summed E-state index contributed by atoms with van der Waals surface area (Å²) < 4.78 is 0. The van der Waals surface area contributed by atoms with Crippen LogP contribution in [0, 0.1) is 23.7 Å². The topological polar surface area (TPSA) is 373 Å². The van der Waals surface area contributed by atoms with Gasteiger partial charge in [0, 0.05) is 29.9 Å². The molecule has 1 aromatic heterocycles. The lowest BCUT2D eigenvalue weighted by molar-refractivity contribution is -0.142. The van der Waals surface area contributed by atoms with E-state index in [1.54, 1.807) is 67.7 Å². The predicted molar refractivity (Wildman–Crippen MR) is 264 cm³/mol. The van der Waals surface area contributed by atoms with E-state index in [1.807, 2.05) is 18.2 Å². The van der Waals surface area contributed by atoms with E-state index in [1.165, 1.54) is 24.3 Å². The molecule has 72 heavy (non-hydrogen) atoms. The van der Waals surface area contributed by atoms with Gasteiger partial charge in [0.1, 0.15) is 54.1 Å². The fourth-order valence-electron chi connectivity index (χ4n) is 7.47. The van der Waals surface area contributed by atoms with Crippen molar-refractivity contribution < 1.29 is 63.6 Å². The molecule has 3 rings (SSSR count). The molecule has 0 saturated heterocycles. The lowest BCUT2D eigenvalue weighted by Gasteiger charge is -2.28. The summed E-state index contributed by atoms with van der Waals surface area (Å²) in [4.78, 5) is 123. The van der Waals surface area contributed by atoms with Crippen LogP contribution in [0.3, 0.4) is 0 Å². The summed E-state index contributed by atoms with van der Waals surface area (Å²) in [5.74, 6) is -9.77. The number of carboxylic acids is 1. The SMILES string of the molecule is CC(C)C[C@H](NC(=O)[C@H](Cc1ccc(O)cc1)NC(=O)[C@H](Cc1c[nH]c2ccccc12)NC(=O)[C@@H](NC(=O)CNC(=O)[C@@H](NC(=O)[C@@H](NC(=O)[C@H](CO)NC(=O)[C@@H](N)CO)C(C)C)C(C)C)C(C)C)C(=O)O. The van der Waals surface area contributed by atoms with Crippen LogP contribution in [-0.4, -0.2) is 147 Å². The van der Waals surface area contributed by atoms with Gasteiger partial charge in [-0.3, -0.25) is 38.4 Å². The molecule has 3 aromatic rings. The zero-order chi connectivity index (χ0) is 54.0. The fourth-order valence-corrected chi connectivity index (χ4v) is 7.47. The van der Waals surface area contributed by atoms with Crippen LogP contribution in [0.1, 0.15) is 72.9 Å². The second-order valence-electron chi connectivity index (χ2n) is 19.1. The molecule has 15 N–H and O–H groups in total. The van der Waals surface area contributed by atoms with Crippen molar-refractivity contribution in [3.63, 3.8) is 0 Å². The number of nitrogens with one attached hydrogen (secondary N) is 9. The largest absolute Gasteiger partial charge is 0.508 e. The van der Waals surface area contributed by atoms with Crippen molar-refractivity contribution in [2.75, 3.05) is 19.8 Å². The van der Waals surface area contributed by atoms with Gasteiger partial charge in [0.05, 0.1) is 19.8 Å². The molecule has 8 amide bonds. The number of aromatic amines is 1. The maximum atomic E-state index is 14.4. The number of rotatable bonds is 28. The Balaban J connectivity index is 1.82. The number of fused-ring (bicyclic) bond motifs is 1. The van der Waals surface area contributed by atoms with Gasteiger partial charge in [-0.15, -0.1) is 0 Å². The predicted octanol–water partition coefficient (Wildman–Crippen LogP) is -1.42. The number of hydrogen-bond donors (Lipinski definition) is 14. The molecule has 0 aliphatic rings. The number of hydrogen-bond acceptors (Lipinski definition) is 13. The number of carbonyl (C=O) groups excluding carboxylic acids is 8. The molecule has 23 nitrogen and oxygen atoms in total. The summed E-state index contributed by atoms with van der Waals surface area (Å²) in [6.07, 6.45) is 1.55. The third-order valence-electron chi connectivity index (χ3n) is 11.6. The van der Waals surface area contributed by atoms with E-state index < -0.39 is 139 Å². The second-order valence-corrected chi connectivity index (χ2v) is 19.1. The molecule has 0 radical (unpaired) electrons. The van der Waals surface area contributed by atoms with Crippen LogP contribution in [0.15, 0.2) is 54.7 Å². The highest BCUT2D eigenvalue weighted by Gasteiger charge is 2.35. The van der Waals surface area contributed by atoms with Crippen LogP contribution in [-0.2, 0) is 56.0 Å². The molecule has 2 aromatic carbocycles. The first-order valence-corrected chi connectivity index (χ1v) is 23.8. The van der Waals surface area contributed by atoms with Gasteiger partial charge in [-0.1, -0.05) is 85.7 Å². The highest BCUT2D eigenvalue weighted by molar-refractivity contribution is 5.98. The Bertz CT molecular complexity index is 2350. The first-order chi connectivity index (χ1) is 33.9. The Labute approximate surface area is 418 Å². The van der Waals surface area contributed by atoms with E-state index in [0.717, 1.165) is 10.9 Å². The lowest BCUT2D eigenvalue weighted by atomic mass is 9.99. The molecule has 0 bridgehead atoms. The average Bonchev–Trinajstić information content (AvgIpc) is 3.73. The summed E-state index contributed by atoms with van der Waals surface area (Å²) in [6, 6.07) is 2.44.